The smallest absolute Gasteiger partial charge is 0.352 e. The Balaban J connectivity index is 3.33. The number of rotatable bonds is 3. The molecule has 1 rings (SSSR count). The molecule has 0 radical (unpaired) electrons. The summed E-state index contributed by atoms with van der Waals surface area (Å²) in [5, 5.41) is 8.67. The second kappa shape index (κ2) is 3.49. The zero-order valence-corrected chi connectivity index (χ0v) is 7.72. The van der Waals surface area contributed by atoms with Crippen LogP contribution in [0.4, 0.5) is 4.39 Å². The lowest BCUT2D eigenvalue weighted by Crippen LogP contribution is -1.95. The number of aromatic carboxylic acids is 1. The van der Waals surface area contributed by atoms with E-state index in [4.69, 9.17) is 5.11 Å². The zero-order chi connectivity index (χ0) is 10.9. The minimum absolute atomic E-state index is 0.0724. The largest absolute Gasteiger partial charge is 0.477 e. The van der Waals surface area contributed by atoms with Gasteiger partial charge >= 0.3 is 5.97 Å². The van der Waals surface area contributed by atoms with Crippen molar-refractivity contribution in [1.29, 1.82) is 0 Å². The van der Waals surface area contributed by atoms with Crippen LogP contribution in [0.25, 0.3) is 11.4 Å². The predicted octanol–water partition coefficient (Wildman–Crippen LogP) is 2.69. The molecule has 2 N–H and O–H groups in total. The third kappa shape index (κ3) is 1.74. The van der Waals surface area contributed by atoms with Crippen molar-refractivity contribution in [2.24, 2.45) is 0 Å². The molecule has 0 spiro atoms. The molecule has 1 aromatic rings. The highest BCUT2D eigenvalue weighted by molar-refractivity contribution is 5.89. The molecule has 74 valence electrons. The molecule has 1 heterocycles. The number of carboxylic acids is 1. The van der Waals surface area contributed by atoms with E-state index < -0.39 is 11.8 Å². The number of hydrogen-bond acceptors (Lipinski definition) is 1. The fraction of sp³-hybridized carbons (Fsp3) is 0.100. The summed E-state index contributed by atoms with van der Waals surface area (Å²) < 4.78 is 12.9. The molecule has 0 atom stereocenters. The minimum atomic E-state index is -1.14. The second-order valence-electron chi connectivity index (χ2n) is 2.96. The summed E-state index contributed by atoms with van der Waals surface area (Å²) in [6.07, 6.45) is 0. The molecule has 0 fully saturated rings. The van der Waals surface area contributed by atoms with Gasteiger partial charge in [0.05, 0.1) is 5.69 Å². The topological polar surface area (TPSA) is 53.1 Å². The average Bonchev–Trinajstić information content (AvgIpc) is 2.47. The van der Waals surface area contributed by atoms with Crippen molar-refractivity contribution in [1.82, 2.24) is 4.98 Å². The zero-order valence-electron chi connectivity index (χ0n) is 7.72. The Hall–Kier alpha value is -1.84. The van der Waals surface area contributed by atoms with Crippen LogP contribution >= 0.6 is 0 Å². The predicted molar refractivity (Wildman–Crippen MR) is 52.6 cm³/mol. The first-order valence-electron chi connectivity index (χ1n) is 3.90. The van der Waals surface area contributed by atoms with Gasteiger partial charge in [-0.1, -0.05) is 13.2 Å². The molecule has 0 bridgehead atoms. The highest BCUT2D eigenvalue weighted by Crippen LogP contribution is 2.24. The van der Waals surface area contributed by atoms with Crippen molar-refractivity contribution < 1.29 is 14.3 Å². The summed E-state index contributed by atoms with van der Waals surface area (Å²) in [5.41, 5.74) is 1.01. The van der Waals surface area contributed by atoms with Crippen molar-refractivity contribution in [3.05, 3.63) is 36.2 Å². The minimum Gasteiger partial charge on any atom is -0.477 e. The fourth-order valence-corrected chi connectivity index (χ4v) is 1.12. The van der Waals surface area contributed by atoms with E-state index >= 15 is 0 Å². The Kier molecular flexibility index (Phi) is 2.56. The lowest BCUT2D eigenvalue weighted by molar-refractivity contribution is 0.0691. The second-order valence-corrected chi connectivity index (χ2v) is 2.96. The van der Waals surface area contributed by atoms with Crippen molar-refractivity contribution in [3.8, 4) is 0 Å². The van der Waals surface area contributed by atoms with E-state index in [0.717, 1.165) is 0 Å². The molecule has 0 amide bonds. The lowest BCUT2D eigenvalue weighted by atomic mass is 10.1. The van der Waals surface area contributed by atoms with Gasteiger partial charge in [-0.25, -0.2) is 9.18 Å². The normalized spacial score (nSPS) is 9.86. The Morgan fingerprint density at radius 1 is 1.57 bits per heavy atom. The first kappa shape index (κ1) is 10.2. The number of carbonyl (C=O) groups is 1. The van der Waals surface area contributed by atoms with Crippen molar-refractivity contribution in [3.63, 3.8) is 0 Å². The van der Waals surface area contributed by atoms with Crippen LogP contribution in [0.15, 0.2) is 19.2 Å². The standard InChI is InChI=1S/C10H10FNO2/c1-5(2)9-7(6(3)11)4-8(12-9)10(13)14/h4,12H,1,3H2,2H3,(H,13,14). The van der Waals surface area contributed by atoms with Gasteiger partial charge in [0.2, 0.25) is 0 Å². The highest BCUT2D eigenvalue weighted by Gasteiger charge is 2.14. The van der Waals surface area contributed by atoms with Gasteiger partial charge in [-0.3, -0.25) is 0 Å². The van der Waals surface area contributed by atoms with Gasteiger partial charge in [0.1, 0.15) is 11.5 Å². The van der Waals surface area contributed by atoms with Gasteiger partial charge in [-0.05, 0) is 18.6 Å². The number of halogens is 1. The summed E-state index contributed by atoms with van der Waals surface area (Å²) >= 11 is 0. The van der Waals surface area contributed by atoms with Crippen LogP contribution in [0.2, 0.25) is 0 Å². The van der Waals surface area contributed by atoms with Gasteiger partial charge in [0.15, 0.2) is 0 Å². The molecule has 1 aromatic heterocycles. The van der Waals surface area contributed by atoms with Gasteiger partial charge in [0, 0.05) is 5.56 Å². The lowest BCUT2D eigenvalue weighted by Gasteiger charge is -1.98. The average molecular weight is 195 g/mol. The number of nitrogens with one attached hydrogen (secondary N) is 1. The van der Waals surface area contributed by atoms with Crippen LogP contribution in [-0.2, 0) is 0 Å². The summed E-state index contributed by atoms with van der Waals surface area (Å²) in [6, 6.07) is 1.20. The van der Waals surface area contributed by atoms with E-state index in [1.165, 1.54) is 6.07 Å². The maximum Gasteiger partial charge on any atom is 0.352 e. The van der Waals surface area contributed by atoms with Crippen LogP contribution in [0.3, 0.4) is 0 Å². The third-order valence-electron chi connectivity index (χ3n) is 1.77. The Labute approximate surface area is 80.6 Å². The molecule has 0 saturated carbocycles. The van der Waals surface area contributed by atoms with Crippen LogP contribution in [0.1, 0.15) is 28.7 Å². The number of aromatic amines is 1. The number of aromatic nitrogens is 1. The van der Waals surface area contributed by atoms with E-state index in [2.05, 4.69) is 18.1 Å². The monoisotopic (exact) mass is 195 g/mol. The van der Waals surface area contributed by atoms with Crippen LogP contribution in [0.5, 0.6) is 0 Å². The summed E-state index contributed by atoms with van der Waals surface area (Å²) in [7, 11) is 0. The van der Waals surface area contributed by atoms with E-state index in [1.54, 1.807) is 6.92 Å². The Bertz CT molecular complexity index is 386. The van der Waals surface area contributed by atoms with E-state index in [-0.39, 0.29) is 11.3 Å². The molecule has 0 aromatic carbocycles. The highest BCUT2D eigenvalue weighted by atomic mass is 19.1. The Morgan fingerprint density at radius 3 is 2.43 bits per heavy atom. The van der Waals surface area contributed by atoms with Gasteiger partial charge < -0.3 is 10.1 Å². The van der Waals surface area contributed by atoms with Crippen molar-refractivity contribution in [2.75, 3.05) is 0 Å². The summed E-state index contributed by atoms with van der Waals surface area (Å²) in [6.45, 7) is 8.39. The quantitative estimate of drug-likeness (QED) is 0.779. The molecule has 4 heteroatoms. The van der Waals surface area contributed by atoms with Crippen LogP contribution in [-0.4, -0.2) is 16.1 Å². The molecule has 14 heavy (non-hydrogen) atoms. The summed E-state index contributed by atoms with van der Waals surface area (Å²) in [5.74, 6) is -1.81. The number of H-pyrrole nitrogens is 1. The summed E-state index contributed by atoms with van der Waals surface area (Å²) in [4.78, 5) is 13.2. The fourth-order valence-electron chi connectivity index (χ4n) is 1.12. The molecule has 0 aliphatic heterocycles. The van der Waals surface area contributed by atoms with Gasteiger partial charge in [-0.15, -0.1) is 0 Å². The SMILES string of the molecule is C=C(F)c1cc(C(=O)O)[nH]c1C(=C)C. The maximum absolute atomic E-state index is 12.9. The van der Waals surface area contributed by atoms with Crippen molar-refractivity contribution in [2.45, 2.75) is 6.92 Å². The molecule has 0 aliphatic carbocycles. The van der Waals surface area contributed by atoms with Crippen LogP contribution in [0, 0.1) is 0 Å². The molecule has 0 saturated heterocycles. The first-order chi connectivity index (χ1) is 6.43. The third-order valence-corrected chi connectivity index (χ3v) is 1.77. The van der Waals surface area contributed by atoms with Crippen molar-refractivity contribution >= 4 is 17.4 Å². The Morgan fingerprint density at radius 2 is 2.14 bits per heavy atom. The molecule has 0 unspecified atom stereocenters. The van der Waals surface area contributed by atoms with Crippen LogP contribution < -0.4 is 0 Å². The first-order valence-corrected chi connectivity index (χ1v) is 3.90. The van der Waals surface area contributed by atoms with Gasteiger partial charge in [0.25, 0.3) is 0 Å². The van der Waals surface area contributed by atoms with E-state index in [9.17, 15) is 9.18 Å². The number of hydrogen-bond donors (Lipinski definition) is 2. The van der Waals surface area contributed by atoms with E-state index in [0.29, 0.717) is 11.3 Å². The van der Waals surface area contributed by atoms with Gasteiger partial charge in [-0.2, -0.15) is 0 Å². The number of carboxylic acid groups (broad SMARTS) is 1. The molecular weight excluding hydrogens is 185 g/mol. The maximum atomic E-state index is 12.9. The molecule has 3 nitrogen and oxygen atoms in total. The molecule has 0 aliphatic rings. The number of allylic oxidation sites excluding steroid dienone is 1. The van der Waals surface area contributed by atoms with E-state index in [1.807, 2.05) is 0 Å². The molecular formula is C10H10FNO2.